The van der Waals surface area contributed by atoms with E-state index in [1.807, 2.05) is 0 Å². The Balaban J connectivity index is 1.60. The zero-order valence-corrected chi connectivity index (χ0v) is 15.9. The Labute approximate surface area is 168 Å². The minimum Gasteiger partial charge on any atom is -0.452 e. The number of rotatable bonds is 3. The molecule has 0 atom stereocenters. The van der Waals surface area contributed by atoms with E-state index in [2.05, 4.69) is 0 Å². The van der Waals surface area contributed by atoms with Crippen molar-refractivity contribution in [2.45, 2.75) is 0 Å². The summed E-state index contributed by atoms with van der Waals surface area (Å²) in [6.07, 6.45) is 1.54. The molecule has 0 fully saturated rings. The van der Waals surface area contributed by atoms with Gasteiger partial charge < -0.3 is 9.47 Å². The van der Waals surface area contributed by atoms with Crippen molar-refractivity contribution in [3.63, 3.8) is 0 Å². The summed E-state index contributed by atoms with van der Waals surface area (Å²) in [7, 11) is 0. The van der Waals surface area contributed by atoms with Gasteiger partial charge in [-0.1, -0.05) is 41.4 Å². The zero-order chi connectivity index (χ0) is 19.0. The van der Waals surface area contributed by atoms with Crippen LogP contribution in [0.1, 0.15) is 25.6 Å². The van der Waals surface area contributed by atoms with Gasteiger partial charge in [-0.3, -0.25) is 4.79 Å². The number of hydrogen-bond donors (Lipinski definition) is 0. The van der Waals surface area contributed by atoms with E-state index in [1.165, 1.54) is 23.5 Å². The van der Waals surface area contributed by atoms with E-state index >= 15 is 0 Å². The molecule has 134 valence electrons. The molecule has 0 N–H and O–H groups in total. The number of hydrogen-bond acceptors (Lipinski definition) is 5. The van der Waals surface area contributed by atoms with Crippen LogP contribution in [-0.2, 0) is 0 Å². The Hall–Kier alpha value is -2.60. The highest BCUT2D eigenvalue weighted by molar-refractivity contribution is 7.12. The number of allylic oxidation sites excluding steroid dienone is 1. The fourth-order valence-electron chi connectivity index (χ4n) is 2.56. The number of ketones is 1. The van der Waals surface area contributed by atoms with Gasteiger partial charge in [0, 0.05) is 6.07 Å². The normalized spacial score (nSPS) is 14.1. The summed E-state index contributed by atoms with van der Waals surface area (Å²) in [5.41, 5.74) is 0.958. The quantitative estimate of drug-likeness (QED) is 0.303. The molecule has 1 aromatic heterocycles. The number of benzene rings is 2. The van der Waals surface area contributed by atoms with E-state index in [0.29, 0.717) is 37.5 Å². The first-order valence-corrected chi connectivity index (χ1v) is 9.44. The first-order valence-electron chi connectivity index (χ1n) is 7.81. The summed E-state index contributed by atoms with van der Waals surface area (Å²) in [5.74, 6) is -0.00769. The lowest BCUT2D eigenvalue weighted by molar-refractivity contribution is 0.0739. The lowest BCUT2D eigenvalue weighted by Gasteiger charge is -2.04. The Kier molecular flexibility index (Phi) is 4.74. The van der Waals surface area contributed by atoms with Gasteiger partial charge in [0.05, 0.1) is 15.6 Å². The minimum atomic E-state index is -0.462. The number of carbonyl (C=O) groups excluding carboxylic acids is 2. The molecular weight excluding hydrogens is 407 g/mol. The highest BCUT2D eigenvalue weighted by Gasteiger charge is 2.28. The van der Waals surface area contributed by atoms with Crippen LogP contribution >= 0.6 is 34.5 Å². The van der Waals surface area contributed by atoms with Crippen molar-refractivity contribution in [1.82, 2.24) is 0 Å². The summed E-state index contributed by atoms with van der Waals surface area (Å²) >= 11 is 13.5. The number of thiophene rings is 1. The third-order valence-corrected chi connectivity index (χ3v) is 5.53. The molecule has 2 aromatic carbocycles. The van der Waals surface area contributed by atoms with Crippen molar-refractivity contribution in [1.29, 1.82) is 0 Å². The molecule has 0 spiro atoms. The van der Waals surface area contributed by atoms with Crippen LogP contribution in [0.5, 0.6) is 11.5 Å². The van der Waals surface area contributed by atoms with Gasteiger partial charge in [0.25, 0.3) is 0 Å². The van der Waals surface area contributed by atoms with Gasteiger partial charge in [-0.05, 0) is 41.3 Å². The maximum atomic E-state index is 12.5. The molecule has 4 rings (SSSR count). The summed E-state index contributed by atoms with van der Waals surface area (Å²) in [6, 6.07) is 13.2. The van der Waals surface area contributed by atoms with Crippen LogP contribution in [0.25, 0.3) is 6.08 Å². The third-order valence-electron chi connectivity index (χ3n) is 3.84. The van der Waals surface area contributed by atoms with Crippen LogP contribution in [0.4, 0.5) is 0 Å². The van der Waals surface area contributed by atoms with Crippen LogP contribution in [-0.4, -0.2) is 11.8 Å². The molecule has 4 nitrogen and oxygen atoms in total. The number of halogens is 2. The van der Waals surface area contributed by atoms with Crippen LogP contribution in [0.15, 0.2) is 59.7 Å². The van der Waals surface area contributed by atoms with Gasteiger partial charge in [-0.2, -0.15) is 0 Å². The van der Waals surface area contributed by atoms with Gasteiger partial charge in [-0.15, -0.1) is 11.3 Å². The predicted octanol–water partition coefficient (Wildman–Crippen LogP) is 5.89. The number of Topliss-reactive ketones (excluding diaryl/α,β-unsaturated/α-hetero) is 1. The Bertz CT molecular complexity index is 1090. The van der Waals surface area contributed by atoms with Crippen molar-refractivity contribution in [3.05, 3.63) is 85.7 Å². The molecule has 0 saturated carbocycles. The van der Waals surface area contributed by atoms with Gasteiger partial charge in [-0.25, -0.2) is 4.79 Å². The zero-order valence-electron chi connectivity index (χ0n) is 13.6. The molecular formula is C20H10Cl2O4S. The summed E-state index contributed by atoms with van der Waals surface area (Å²) in [6.45, 7) is 0. The highest BCUT2D eigenvalue weighted by atomic mass is 35.5. The van der Waals surface area contributed by atoms with Crippen molar-refractivity contribution in [3.8, 4) is 11.5 Å². The van der Waals surface area contributed by atoms with Crippen molar-refractivity contribution >= 4 is 52.4 Å². The van der Waals surface area contributed by atoms with Gasteiger partial charge in [0.15, 0.2) is 5.76 Å². The second-order valence-electron chi connectivity index (χ2n) is 5.61. The van der Waals surface area contributed by atoms with E-state index in [4.69, 9.17) is 32.7 Å². The first kappa shape index (κ1) is 17.8. The van der Waals surface area contributed by atoms with E-state index in [1.54, 1.807) is 47.8 Å². The fraction of sp³-hybridized carbons (Fsp3) is 0. The largest absolute Gasteiger partial charge is 0.452 e. The Morgan fingerprint density at radius 2 is 1.96 bits per heavy atom. The smallest absolute Gasteiger partial charge is 0.353 e. The number of carbonyl (C=O) groups is 2. The van der Waals surface area contributed by atoms with Crippen molar-refractivity contribution in [2.75, 3.05) is 0 Å². The monoisotopic (exact) mass is 416 g/mol. The number of esters is 1. The number of ether oxygens (including phenoxy) is 2. The van der Waals surface area contributed by atoms with Crippen LogP contribution in [0.2, 0.25) is 10.0 Å². The topological polar surface area (TPSA) is 52.6 Å². The maximum Gasteiger partial charge on any atom is 0.353 e. The molecule has 7 heteroatoms. The summed E-state index contributed by atoms with van der Waals surface area (Å²) in [4.78, 5) is 25.1. The molecule has 0 saturated heterocycles. The molecule has 1 aliphatic rings. The molecule has 27 heavy (non-hydrogen) atoms. The minimum absolute atomic E-state index is 0.121. The predicted molar refractivity (Wildman–Crippen MR) is 105 cm³/mol. The van der Waals surface area contributed by atoms with E-state index < -0.39 is 5.97 Å². The second-order valence-corrected chi connectivity index (χ2v) is 7.34. The van der Waals surface area contributed by atoms with Crippen LogP contribution in [0, 0.1) is 0 Å². The van der Waals surface area contributed by atoms with Gasteiger partial charge in [0.2, 0.25) is 5.78 Å². The molecule has 0 radical (unpaired) electrons. The second kappa shape index (κ2) is 7.19. The van der Waals surface area contributed by atoms with Gasteiger partial charge >= 0.3 is 5.97 Å². The maximum absolute atomic E-state index is 12.5. The van der Waals surface area contributed by atoms with Crippen molar-refractivity contribution < 1.29 is 19.1 Å². The third kappa shape index (κ3) is 3.49. The average molecular weight is 417 g/mol. The Morgan fingerprint density at radius 1 is 1.11 bits per heavy atom. The standard InChI is InChI=1S/C20H10Cl2O4S/c21-14-4-1-3-11(18(14)22)9-16-19(23)13-7-6-12(10-15(13)26-16)25-20(24)17-5-2-8-27-17/h1-10H/b16-9-. The average Bonchev–Trinajstić information content (AvgIpc) is 3.28. The Morgan fingerprint density at radius 3 is 2.74 bits per heavy atom. The summed E-state index contributed by atoms with van der Waals surface area (Å²) in [5, 5.41) is 2.51. The van der Waals surface area contributed by atoms with E-state index in [9.17, 15) is 9.59 Å². The number of fused-ring (bicyclic) bond motifs is 1. The molecule has 0 unspecified atom stereocenters. The lowest BCUT2D eigenvalue weighted by Crippen LogP contribution is -2.06. The molecule has 1 aliphatic heterocycles. The molecule has 2 heterocycles. The fourth-order valence-corrected chi connectivity index (χ4v) is 3.52. The first-order chi connectivity index (χ1) is 13.0. The SMILES string of the molecule is O=C(Oc1ccc2c(c1)O/C(=C\c1cccc(Cl)c1Cl)C2=O)c1cccs1. The van der Waals surface area contributed by atoms with E-state index in [0.717, 1.165) is 0 Å². The molecule has 3 aromatic rings. The molecule has 0 amide bonds. The molecule has 0 aliphatic carbocycles. The lowest BCUT2D eigenvalue weighted by atomic mass is 10.1. The van der Waals surface area contributed by atoms with Crippen LogP contribution in [0.3, 0.4) is 0 Å². The summed E-state index contributed by atoms with van der Waals surface area (Å²) < 4.78 is 11.0. The highest BCUT2D eigenvalue weighted by Crippen LogP contribution is 2.36. The molecule has 0 bridgehead atoms. The van der Waals surface area contributed by atoms with Crippen molar-refractivity contribution in [2.24, 2.45) is 0 Å². The van der Waals surface area contributed by atoms with Gasteiger partial charge in [0.1, 0.15) is 16.4 Å². The van der Waals surface area contributed by atoms with Crippen LogP contribution < -0.4 is 9.47 Å². The van der Waals surface area contributed by atoms with E-state index in [-0.39, 0.29) is 11.5 Å².